The van der Waals surface area contributed by atoms with Crippen LogP contribution >= 0.6 is 0 Å². The topological polar surface area (TPSA) is 45.2 Å². The third-order valence-electron chi connectivity index (χ3n) is 4.73. The molecule has 1 aromatic carbocycles. The van der Waals surface area contributed by atoms with Crippen molar-refractivity contribution in [2.24, 2.45) is 0 Å². The van der Waals surface area contributed by atoms with Crippen molar-refractivity contribution in [3.8, 4) is 17.0 Å². The lowest BCUT2D eigenvalue weighted by Crippen LogP contribution is -2.29. The summed E-state index contributed by atoms with van der Waals surface area (Å²) in [6.45, 7) is 0.719. The molecule has 3 heteroatoms. The van der Waals surface area contributed by atoms with Crippen LogP contribution in [0.25, 0.3) is 11.3 Å². The molecule has 1 heterocycles. The summed E-state index contributed by atoms with van der Waals surface area (Å²) in [4.78, 5) is 4.39. The Balaban J connectivity index is 1.67. The first-order valence-electron chi connectivity index (χ1n) is 8.79. The van der Waals surface area contributed by atoms with Crippen molar-refractivity contribution < 1.29 is 5.11 Å². The Kier molecular flexibility index (Phi) is 5.65. The van der Waals surface area contributed by atoms with Gasteiger partial charge in [0, 0.05) is 29.9 Å². The van der Waals surface area contributed by atoms with Crippen LogP contribution in [-0.4, -0.2) is 16.1 Å². The second-order valence-corrected chi connectivity index (χ2v) is 6.48. The number of nitrogens with one attached hydrogen (secondary N) is 1. The molecule has 0 amide bonds. The van der Waals surface area contributed by atoms with Gasteiger partial charge in [0.05, 0.1) is 5.69 Å². The van der Waals surface area contributed by atoms with Crippen LogP contribution in [0.1, 0.15) is 50.5 Å². The molecule has 0 bridgehead atoms. The predicted octanol–water partition coefficient (Wildman–Crippen LogP) is 4.66. The van der Waals surface area contributed by atoms with Crippen LogP contribution < -0.4 is 5.32 Å². The normalized spacial score (nSPS) is 16.7. The van der Waals surface area contributed by atoms with Gasteiger partial charge in [-0.15, -0.1) is 0 Å². The lowest BCUT2D eigenvalue weighted by Gasteiger charge is -2.21. The van der Waals surface area contributed by atoms with E-state index in [2.05, 4.69) is 10.3 Å². The largest absolute Gasteiger partial charge is 0.508 e. The van der Waals surface area contributed by atoms with E-state index in [-0.39, 0.29) is 0 Å². The SMILES string of the molecule is Oc1ccc(-c2ccccn2)cc1CNC1CCCCCCC1. The lowest BCUT2D eigenvalue weighted by atomic mass is 9.96. The van der Waals surface area contributed by atoms with E-state index in [1.165, 1.54) is 44.9 Å². The summed E-state index contributed by atoms with van der Waals surface area (Å²) in [7, 11) is 0. The van der Waals surface area contributed by atoms with Gasteiger partial charge in [0.15, 0.2) is 0 Å². The quantitative estimate of drug-likeness (QED) is 0.863. The van der Waals surface area contributed by atoms with E-state index in [0.29, 0.717) is 11.8 Å². The highest BCUT2D eigenvalue weighted by Gasteiger charge is 2.12. The van der Waals surface area contributed by atoms with Crippen LogP contribution in [0.2, 0.25) is 0 Å². The maximum Gasteiger partial charge on any atom is 0.120 e. The number of hydrogen-bond acceptors (Lipinski definition) is 3. The molecule has 23 heavy (non-hydrogen) atoms. The van der Waals surface area contributed by atoms with E-state index in [4.69, 9.17) is 0 Å². The molecular formula is C20H26N2O. The first kappa shape index (κ1) is 16.0. The number of aromatic nitrogens is 1. The van der Waals surface area contributed by atoms with Gasteiger partial charge in [-0.2, -0.15) is 0 Å². The summed E-state index contributed by atoms with van der Waals surface area (Å²) in [6.07, 6.45) is 11.0. The summed E-state index contributed by atoms with van der Waals surface area (Å²) < 4.78 is 0. The van der Waals surface area contributed by atoms with Crippen molar-refractivity contribution in [2.45, 2.75) is 57.5 Å². The molecule has 3 rings (SSSR count). The fourth-order valence-electron chi connectivity index (χ4n) is 3.33. The van der Waals surface area contributed by atoms with Crippen molar-refractivity contribution in [1.82, 2.24) is 10.3 Å². The standard InChI is InChI=1S/C20H26N2O/c23-20-12-11-16(19-10-6-7-13-21-19)14-17(20)15-22-18-8-4-2-1-3-5-9-18/h6-7,10-14,18,22-23H,1-5,8-9,15H2. The van der Waals surface area contributed by atoms with Crippen LogP contribution in [0, 0.1) is 0 Å². The summed E-state index contributed by atoms with van der Waals surface area (Å²) in [5.74, 6) is 0.364. The van der Waals surface area contributed by atoms with Gasteiger partial charge in [0.25, 0.3) is 0 Å². The third-order valence-corrected chi connectivity index (χ3v) is 4.73. The summed E-state index contributed by atoms with van der Waals surface area (Å²) in [5, 5.41) is 13.8. The highest BCUT2D eigenvalue weighted by atomic mass is 16.3. The van der Waals surface area contributed by atoms with Crippen LogP contribution in [0.15, 0.2) is 42.6 Å². The van der Waals surface area contributed by atoms with Gasteiger partial charge < -0.3 is 10.4 Å². The van der Waals surface area contributed by atoms with Crippen molar-refractivity contribution in [1.29, 1.82) is 0 Å². The second kappa shape index (κ2) is 8.11. The number of phenols is 1. The molecule has 0 unspecified atom stereocenters. The van der Waals surface area contributed by atoms with Gasteiger partial charge in [-0.25, -0.2) is 0 Å². The van der Waals surface area contributed by atoms with E-state index >= 15 is 0 Å². The highest BCUT2D eigenvalue weighted by molar-refractivity contribution is 5.61. The molecule has 1 aromatic heterocycles. The number of aromatic hydroxyl groups is 1. The zero-order chi connectivity index (χ0) is 15.9. The molecule has 0 aliphatic heterocycles. The van der Waals surface area contributed by atoms with Crippen LogP contribution in [0.4, 0.5) is 0 Å². The molecular weight excluding hydrogens is 284 g/mol. The van der Waals surface area contributed by atoms with E-state index in [9.17, 15) is 5.11 Å². The number of hydrogen-bond donors (Lipinski definition) is 2. The Morgan fingerprint density at radius 1 is 1.00 bits per heavy atom. The molecule has 2 N–H and O–H groups in total. The molecule has 3 nitrogen and oxygen atoms in total. The second-order valence-electron chi connectivity index (χ2n) is 6.48. The van der Waals surface area contributed by atoms with Gasteiger partial charge in [-0.05, 0) is 43.2 Å². The fraction of sp³-hybridized carbons (Fsp3) is 0.450. The monoisotopic (exact) mass is 310 g/mol. The van der Waals surface area contributed by atoms with E-state index in [0.717, 1.165) is 23.4 Å². The number of rotatable bonds is 4. The zero-order valence-electron chi connectivity index (χ0n) is 13.7. The molecule has 2 aromatic rings. The maximum absolute atomic E-state index is 10.2. The maximum atomic E-state index is 10.2. The average Bonchev–Trinajstić information content (AvgIpc) is 2.56. The van der Waals surface area contributed by atoms with Gasteiger partial charge in [0.2, 0.25) is 0 Å². The molecule has 1 aliphatic carbocycles. The van der Waals surface area contributed by atoms with Crippen molar-refractivity contribution >= 4 is 0 Å². The van der Waals surface area contributed by atoms with E-state index < -0.39 is 0 Å². The van der Waals surface area contributed by atoms with E-state index in [1.54, 1.807) is 12.3 Å². The minimum absolute atomic E-state index is 0.364. The summed E-state index contributed by atoms with van der Waals surface area (Å²) >= 11 is 0. The Bertz CT molecular complexity index is 604. The van der Waals surface area contributed by atoms with Crippen molar-refractivity contribution in [3.63, 3.8) is 0 Å². The molecule has 0 spiro atoms. The van der Waals surface area contributed by atoms with Gasteiger partial charge in [-0.1, -0.05) is 38.2 Å². The first-order chi connectivity index (χ1) is 11.3. The minimum atomic E-state index is 0.364. The van der Waals surface area contributed by atoms with Crippen LogP contribution in [0.5, 0.6) is 5.75 Å². The van der Waals surface area contributed by atoms with E-state index in [1.807, 2.05) is 30.3 Å². The highest BCUT2D eigenvalue weighted by Crippen LogP contribution is 2.25. The van der Waals surface area contributed by atoms with Crippen molar-refractivity contribution in [2.75, 3.05) is 0 Å². The summed E-state index contributed by atoms with van der Waals surface area (Å²) in [6, 6.07) is 12.2. The van der Waals surface area contributed by atoms with Crippen molar-refractivity contribution in [3.05, 3.63) is 48.2 Å². The fourth-order valence-corrected chi connectivity index (χ4v) is 3.33. The molecule has 1 fully saturated rings. The number of benzene rings is 1. The molecule has 0 saturated heterocycles. The minimum Gasteiger partial charge on any atom is -0.508 e. The summed E-state index contributed by atoms with van der Waals surface area (Å²) in [5.41, 5.74) is 2.95. The number of pyridine rings is 1. The molecule has 1 saturated carbocycles. The Labute approximate surface area is 138 Å². The molecule has 0 atom stereocenters. The number of nitrogens with zero attached hydrogens (tertiary/aromatic N) is 1. The Morgan fingerprint density at radius 2 is 1.78 bits per heavy atom. The lowest BCUT2D eigenvalue weighted by molar-refractivity contribution is 0.384. The smallest absolute Gasteiger partial charge is 0.120 e. The molecule has 122 valence electrons. The first-order valence-corrected chi connectivity index (χ1v) is 8.79. The predicted molar refractivity (Wildman–Crippen MR) is 94.3 cm³/mol. The number of phenolic OH excluding ortho intramolecular Hbond substituents is 1. The van der Waals surface area contributed by atoms with Crippen LogP contribution in [-0.2, 0) is 6.54 Å². The molecule has 0 radical (unpaired) electrons. The van der Waals surface area contributed by atoms with Gasteiger partial charge >= 0.3 is 0 Å². The third kappa shape index (κ3) is 4.55. The molecule has 1 aliphatic rings. The zero-order valence-corrected chi connectivity index (χ0v) is 13.7. The van der Waals surface area contributed by atoms with Gasteiger partial charge in [0.1, 0.15) is 5.75 Å². The Hall–Kier alpha value is -1.87. The van der Waals surface area contributed by atoms with Crippen LogP contribution in [0.3, 0.4) is 0 Å². The van der Waals surface area contributed by atoms with Gasteiger partial charge in [-0.3, -0.25) is 4.98 Å². The average molecular weight is 310 g/mol. The Morgan fingerprint density at radius 3 is 2.52 bits per heavy atom.